The molecule has 0 bridgehead atoms. The van der Waals surface area contributed by atoms with E-state index in [4.69, 9.17) is 13.9 Å². The lowest BCUT2D eigenvalue weighted by molar-refractivity contribution is -0.0864. The van der Waals surface area contributed by atoms with Crippen molar-refractivity contribution in [3.8, 4) is 0 Å². The quantitative estimate of drug-likeness (QED) is 0.916. The standard InChI is InChI=1S/C15H19NO3/c1-11-14(13-4-2-3-5-15(13)19-11)9-16-8-12-10-17-6-7-18-12/h2-5,12,16H,6-10H2,1H3. The Kier molecular flexibility index (Phi) is 3.82. The van der Waals surface area contributed by atoms with E-state index in [1.54, 1.807) is 0 Å². The summed E-state index contributed by atoms with van der Waals surface area (Å²) in [6.07, 6.45) is 0.159. The Labute approximate surface area is 112 Å². The van der Waals surface area contributed by atoms with Gasteiger partial charge in [0.05, 0.1) is 25.9 Å². The molecule has 0 aliphatic carbocycles. The number of benzene rings is 1. The minimum atomic E-state index is 0.159. The Morgan fingerprint density at radius 2 is 2.16 bits per heavy atom. The summed E-state index contributed by atoms with van der Waals surface area (Å²) in [5.41, 5.74) is 2.18. The molecule has 3 rings (SSSR count). The van der Waals surface area contributed by atoms with Gasteiger partial charge in [0.2, 0.25) is 0 Å². The first-order valence-electron chi connectivity index (χ1n) is 6.71. The van der Waals surface area contributed by atoms with Gasteiger partial charge in [0, 0.05) is 24.0 Å². The van der Waals surface area contributed by atoms with E-state index in [9.17, 15) is 0 Å². The molecule has 1 aliphatic rings. The number of fused-ring (bicyclic) bond motifs is 1. The van der Waals surface area contributed by atoms with Crippen molar-refractivity contribution in [1.82, 2.24) is 5.32 Å². The maximum Gasteiger partial charge on any atom is 0.134 e. The van der Waals surface area contributed by atoms with E-state index in [2.05, 4.69) is 11.4 Å². The number of hydrogen-bond donors (Lipinski definition) is 1. The van der Waals surface area contributed by atoms with Gasteiger partial charge in [-0.2, -0.15) is 0 Å². The van der Waals surface area contributed by atoms with Gasteiger partial charge in [-0.05, 0) is 13.0 Å². The van der Waals surface area contributed by atoms with Crippen LogP contribution in [0.4, 0.5) is 0 Å². The van der Waals surface area contributed by atoms with Crippen LogP contribution in [0.3, 0.4) is 0 Å². The maximum atomic E-state index is 5.75. The summed E-state index contributed by atoms with van der Waals surface area (Å²) >= 11 is 0. The minimum Gasteiger partial charge on any atom is -0.461 e. The highest BCUT2D eigenvalue weighted by Gasteiger charge is 2.15. The number of furan rings is 1. The minimum absolute atomic E-state index is 0.159. The summed E-state index contributed by atoms with van der Waals surface area (Å²) in [6, 6.07) is 8.14. The topological polar surface area (TPSA) is 43.6 Å². The molecule has 1 atom stereocenters. The highest BCUT2D eigenvalue weighted by Crippen LogP contribution is 2.24. The molecular weight excluding hydrogens is 242 g/mol. The third-order valence-electron chi connectivity index (χ3n) is 3.46. The molecule has 1 aliphatic heterocycles. The van der Waals surface area contributed by atoms with E-state index in [1.807, 2.05) is 25.1 Å². The molecule has 1 fully saturated rings. The van der Waals surface area contributed by atoms with Crippen LogP contribution in [0.15, 0.2) is 28.7 Å². The molecule has 2 heterocycles. The molecule has 1 aromatic heterocycles. The lowest BCUT2D eigenvalue weighted by atomic mass is 10.1. The molecule has 0 amide bonds. The van der Waals surface area contributed by atoms with Gasteiger partial charge in [-0.3, -0.25) is 0 Å². The molecule has 1 N–H and O–H groups in total. The van der Waals surface area contributed by atoms with Gasteiger partial charge in [-0.15, -0.1) is 0 Å². The lowest BCUT2D eigenvalue weighted by Gasteiger charge is -2.23. The fourth-order valence-electron chi connectivity index (χ4n) is 2.45. The second kappa shape index (κ2) is 5.74. The van der Waals surface area contributed by atoms with Crippen LogP contribution in [-0.2, 0) is 16.0 Å². The van der Waals surface area contributed by atoms with Gasteiger partial charge in [0.1, 0.15) is 11.3 Å². The zero-order valence-electron chi connectivity index (χ0n) is 11.1. The highest BCUT2D eigenvalue weighted by atomic mass is 16.6. The maximum absolute atomic E-state index is 5.75. The molecule has 1 unspecified atom stereocenters. The SMILES string of the molecule is Cc1oc2ccccc2c1CNCC1COCCO1. The van der Waals surface area contributed by atoms with E-state index >= 15 is 0 Å². The second-order valence-corrected chi connectivity index (χ2v) is 4.83. The molecule has 0 spiro atoms. The first-order valence-corrected chi connectivity index (χ1v) is 6.71. The highest BCUT2D eigenvalue weighted by molar-refractivity contribution is 5.82. The van der Waals surface area contributed by atoms with Crippen molar-refractivity contribution in [1.29, 1.82) is 0 Å². The van der Waals surface area contributed by atoms with Crippen molar-refractivity contribution in [2.75, 3.05) is 26.4 Å². The van der Waals surface area contributed by atoms with Gasteiger partial charge in [-0.1, -0.05) is 18.2 Å². The van der Waals surface area contributed by atoms with Crippen LogP contribution in [0.1, 0.15) is 11.3 Å². The van der Waals surface area contributed by atoms with Crippen molar-refractivity contribution in [2.24, 2.45) is 0 Å². The Bertz CT molecular complexity index is 543. The van der Waals surface area contributed by atoms with E-state index < -0.39 is 0 Å². The number of hydrogen-bond acceptors (Lipinski definition) is 4. The van der Waals surface area contributed by atoms with Gasteiger partial charge in [-0.25, -0.2) is 0 Å². The third kappa shape index (κ3) is 2.81. The predicted octanol–water partition coefficient (Wildman–Crippen LogP) is 2.25. The van der Waals surface area contributed by atoms with Gasteiger partial charge in [0.15, 0.2) is 0 Å². The van der Waals surface area contributed by atoms with Crippen molar-refractivity contribution in [3.05, 3.63) is 35.6 Å². The molecule has 1 saturated heterocycles. The number of para-hydroxylation sites is 1. The Balaban J connectivity index is 1.63. The average Bonchev–Trinajstić information content (AvgIpc) is 2.76. The molecule has 1 aromatic carbocycles. The van der Waals surface area contributed by atoms with Crippen LogP contribution < -0.4 is 5.32 Å². The van der Waals surface area contributed by atoms with E-state index in [0.29, 0.717) is 19.8 Å². The fourth-order valence-corrected chi connectivity index (χ4v) is 2.45. The summed E-state index contributed by atoms with van der Waals surface area (Å²) < 4.78 is 16.7. The molecule has 2 aromatic rings. The monoisotopic (exact) mass is 261 g/mol. The number of ether oxygens (including phenoxy) is 2. The smallest absolute Gasteiger partial charge is 0.134 e. The van der Waals surface area contributed by atoms with Crippen molar-refractivity contribution >= 4 is 11.0 Å². The summed E-state index contributed by atoms with van der Waals surface area (Å²) in [7, 11) is 0. The van der Waals surface area contributed by atoms with Crippen molar-refractivity contribution in [3.63, 3.8) is 0 Å². The molecule has 0 saturated carbocycles. The van der Waals surface area contributed by atoms with Crippen LogP contribution in [0, 0.1) is 6.92 Å². The number of nitrogens with one attached hydrogen (secondary N) is 1. The summed E-state index contributed by atoms with van der Waals surface area (Å²) in [5.74, 6) is 0.981. The van der Waals surface area contributed by atoms with Crippen LogP contribution in [-0.4, -0.2) is 32.5 Å². The van der Waals surface area contributed by atoms with Crippen molar-refractivity contribution < 1.29 is 13.9 Å². The number of aryl methyl sites for hydroxylation is 1. The molecule has 0 radical (unpaired) electrons. The molecular formula is C15H19NO3. The van der Waals surface area contributed by atoms with Crippen molar-refractivity contribution in [2.45, 2.75) is 19.6 Å². The normalized spacial score (nSPS) is 19.9. The van der Waals surface area contributed by atoms with Crippen LogP contribution >= 0.6 is 0 Å². The predicted molar refractivity (Wildman–Crippen MR) is 73.2 cm³/mol. The van der Waals surface area contributed by atoms with E-state index in [1.165, 1.54) is 10.9 Å². The van der Waals surface area contributed by atoms with Gasteiger partial charge in [0.25, 0.3) is 0 Å². The Morgan fingerprint density at radius 3 is 3.00 bits per heavy atom. The lowest BCUT2D eigenvalue weighted by Crippen LogP contribution is -2.37. The second-order valence-electron chi connectivity index (χ2n) is 4.83. The van der Waals surface area contributed by atoms with Crippen LogP contribution in [0.2, 0.25) is 0 Å². The van der Waals surface area contributed by atoms with Gasteiger partial charge >= 0.3 is 0 Å². The Hall–Kier alpha value is -1.36. The zero-order valence-corrected chi connectivity index (χ0v) is 11.1. The summed E-state index contributed by atoms with van der Waals surface area (Å²) in [4.78, 5) is 0. The number of rotatable bonds is 4. The zero-order chi connectivity index (χ0) is 13.1. The Morgan fingerprint density at radius 1 is 1.26 bits per heavy atom. The van der Waals surface area contributed by atoms with E-state index in [-0.39, 0.29) is 6.10 Å². The van der Waals surface area contributed by atoms with Crippen LogP contribution in [0.25, 0.3) is 11.0 Å². The van der Waals surface area contributed by atoms with E-state index in [0.717, 1.165) is 24.4 Å². The molecule has 4 heteroatoms. The third-order valence-corrected chi connectivity index (χ3v) is 3.46. The summed E-state index contributed by atoms with van der Waals surface area (Å²) in [5, 5.41) is 4.61. The largest absolute Gasteiger partial charge is 0.461 e. The molecule has 19 heavy (non-hydrogen) atoms. The van der Waals surface area contributed by atoms with Gasteiger partial charge < -0.3 is 19.2 Å². The summed E-state index contributed by atoms with van der Waals surface area (Å²) in [6.45, 7) is 5.69. The molecule has 4 nitrogen and oxygen atoms in total. The average molecular weight is 261 g/mol. The molecule has 102 valence electrons. The first-order chi connectivity index (χ1) is 9.34. The fraction of sp³-hybridized carbons (Fsp3) is 0.467. The first kappa shape index (κ1) is 12.7. The van der Waals surface area contributed by atoms with Crippen LogP contribution in [0.5, 0.6) is 0 Å².